The highest BCUT2D eigenvalue weighted by Gasteiger charge is 2.28. The summed E-state index contributed by atoms with van der Waals surface area (Å²) in [6, 6.07) is 6.46. The normalized spacial score (nSPS) is 14.0. The summed E-state index contributed by atoms with van der Waals surface area (Å²) in [5, 5.41) is 0. The Morgan fingerprint density at radius 3 is 1.92 bits per heavy atom. The maximum absolute atomic E-state index is 12.6. The molecule has 1 aliphatic rings. The lowest BCUT2D eigenvalue weighted by Crippen LogP contribution is -2.47. The number of amides is 2. The van der Waals surface area contributed by atoms with Gasteiger partial charge in [-0.15, -0.1) is 0 Å². The van der Waals surface area contributed by atoms with E-state index in [4.69, 9.17) is 4.74 Å². The van der Waals surface area contributed by atoms with Crippen molar-refractivity contribution >= 4 is 18.0 Å². The van der Waals surface area contributed by atoms with E-state index in [1.807, 2.05) is 13.8 Å². The molecule has 0 aliphatic carbocycles. The number of hydrogen-bond donors (Lipinski definition) is 0. The molecule has 0 aromatic heterocycles. The summed E-state index contributed by atoms with van der Waals surface area (Å²) < 4.78 is 9.35. The molecule has 1 aromatic carbocycles. The van der Waals surface area contributed by atoms with Gasteiger partial charge in [0.1, 0.15) is 0 Å². The van der Waals surface area contributed by atoms with Gasteiger partial charge in [0, 0.05) is 31.7 Å². The number of likely N-dealkylation sites (tertiary alicyclic amines) is 1. The fourth-order valence-corrected chi connectivity index (χ4v) is 2.80. The Labute approximate surface area is 154 Å². The number of carbonyl (C=O) groups excluding carboxylic acids is 3. The highest BCUT2D eigenvalue weighted by molar-refractivity contribution is 5.96. The predicted molar refractivity (Wildman–Crippen MR) is 98.2 cm³/mol. The molecular weight excluding hydrogens is 336 g/mol. The molecule has 0 unspecified atom stereocenters. The van der Waals surface area contributed by atoms with Crippen molar-refractivity contribution in [1.82, 2.24) is 9.80 Å². The van der Waals surface area contributed by atoms with Crippen LogP contribution in [-0.4, -0.2) is 68.2 Å². The van der Waals surface area contributed by atoms with E-state index in [2.05, 4.69) is 4.74 Å². The zero-order chi connectivity index (χ0) is 19.7. The summed E-state index contributed by atoms with van der Waals surface area (Å²) in [6.07, 6.45) is 1.08. The van der Waals surface area contributed by atoms with E-state index in [1.54, 1.807) is 41.1 Å². The number of carbonyl (C=O) groups is 3. The second-order valence-electron chi connectivity index (χ2n) is 5.67. The van der Waals surface area contributed by atoms with E-state index in [0.717, 1.165) is 0 Å². The maximum atomic E-state index is 12.6. The number of piperidine rings is 1. The Bertz CT molecular complexity index is 607. The number of ether oxygens (including phenoxy) is 2. The molecule has 0 radical (unpaired) electrons. The van der Waals surface area contributed by atoms with Gasteiger partial charge < -0.3 is 19.3 Å². The highest BCUT2D eigenvalue weighted by Crippen LogP contribution is 2.18. The standard InChI is InChI=1S/C17H22N2O5.C2H6/c1-18(14-8-10-19(11-9-14)17(22)24-3)15(20)12-4-6-13(7-5-12)16(21)23-2;1-2/h4-7,14H,8-11H2,1-3H3;1-2H3. The van der Waals surface area contributed by atoms with Crippen molar-refractivity contribution in [2.24, 2.45) is 0 Å². The maximum Gasteiger partial charge on any atom is 0.409 e. The molecule has 7 heteroatoms. The summed E-state index contributed by atoms with van der Waals surface area (Å²) in [7, 11) is 4.44. The molecule has 144 valence electrons. The molecular formula is C19H28N2O5. The molecule has 1 aliphatic heterocycles. The Kier molecular flexibility index (Phi) is 8.61. The van der Waals surface area contributed by atoms with Gasteiger partial charge in [-0.3, -0.25) is 4.79 Å². The van der Waals surface area contributed by atoms with Gasteiger partial charge in [0.15, 0.2) is 0 Å². The van der Waals surface area contributed by atoms with Crippen molar-refractivity contribution < 1.29 is 23.9 Å². The first-order valence-corrected chi connectivity index (χ1v) is 8.76. The van der Waals surface area contributed by atoms with Crippen molar-refractivity contribution in [3.8, 4) is 0 Å². The summed E-state index contributed by atoms with van der Waals surface area (Å²) in [5.41, 5.74) is 0.920. The minimum atomic E-state index is -0.433. The molecule has 0 bridgehead atoms. The van der Waals surface area contributed by atoms with E-state index in [-0.39, 0.29) is 18.0 Å². The van der Waals surface area contributed by atoms with Crippen molar-refractivity contribution in [2.75, 3.05) is 34.4 Å². The number of nitrogens with zero attached hydrogens (tertiary/aromatic N) is 2. The van der Waals surface area contributed by atoms with Crippen molar-refractivity contribution in [1.29, 1.82) is 0 Å². The summed E-state index contributed by atoms with van der Waals surface area (Å²) in [5.74, 6) is -0.541. The first-order valence-electron chi connectivity index (χ1n) is 8.76. The highest BCUT2D eigenvalue weighted by atomic mass is 16.5. The van der Waals surface area contributed by atoms with E-state index in [1.165, 1.54) is 14.2 Å². The first-order chi connectivity index (χ1) is 12.5. The van der Waals surface area contributed by atoms with Crippen molar-refractivity contribution in [3.05, 3.63) is 35.4 Å². The molecule has 1 fully saturated rings. The van der Waals surface area contributed by atoms with Crippen LogP contribution in [0.5, 0.6) is 0 Å². The van der Waals surface area contributed by atoms with Crippen LogP contribution >= 0.6 is 0 Å². The van der Waals surface area contributed by atoms with Crippen molar-refractivity contribution in [3.63, 3.8) is 0 Å². The van der Waals surface area contributed by atoms with Crippen LogP contribution in [0.25, 0.3) is 0 Å². The Balaban J connectivity index is 0.00000163. The van der Waals surface area contributed by atoms with Gasteiger partial charge in [-0.25, -0.2) is 9.59 Å². The fraction of sp³-hybridized carbons (Fsp3) is 0.526. The number of hydrogen-bond acceptors (Lipinski definition) is 5. The summed E-state index contributed by atoms with van der Waals surface area (Å²) >= 11 is 0. The molecule has 2 rings (SSSR count). The van der Waals surface area contributed by atoms with Gasteiger partial charge in [-0.05, 0) is 37.1 Å². The number of rotatable bonds is 3. The largest absolute Gasteiger partial charge is 0.465 e. The molecule has 0 saturated carbocycles. The number of benzene rings is 1. The molecule has 0 N–H and O–H groups in total. The fourth-order valence-electron chi connectivity index (χ4n) is 2.80. The molecule has 1 heterocycles. The van der Waals surface area contributed by atoms with E-state index in [9.17, 15) is 14.4 Å². The molecule has 0 spiro atoms. The van der Waals surface area contributed by atoms with Crippen LogP contribution in [-0.2, 0) is 9.47 Å². The minimum absolute atomic E-state index is 0.0682. The van der Waals surface area contributed by atoms with Gasteiger partial charge in [0.05, 0.1) is 19.8 Å². The average Bonchev–Trinajstić information content (AvgIpc) is 2.73. The van der Waals surface area contributed by atoms with Gasteiger partial charge in [0.2, 0.25) is 0 Å². The second-order valence-corrected chi connectivity index (χ2v) is 5.67. The topological polar surface area (TPSA) is 76.2 Å². The molecule has 1 saturated heterocycles. The molecule has 1 aromatic rings. The summed E-state index contributed by atoms with van der Waals surface area (Å²) in [6.45, 7) is 5.13. The van der Waals surface area contributed by atoms with Gasteiger partial charge >= 0.3 is 12.1 Å². The Morgan fingerprint density at radius 1 is 0.962 bits per heavy atom. The van der Waals surface area contributed by atoms with E-state index in [0.29, 0.717) is 37.1 Å². The van der Waals surface area contributed by atoms with Crippen molar-refractivity contribution in [2.45, 2.75) is 32.7 Å². The van der Waals surface area contributed by atoms with Gasteiger partial charge in [0.25, 0.3) is 5.91 Å². The minimum Gasteiger partial charge on any atom is -0.465 e. The molecule has 7 nitrogen and oxygen atoms in total. The van der Waals surface area contributed by atoms with Crippen LogP contribution in [0.3, 0.4) is 0 Å². The first kappa shape index (κ1) is 21.5. The van der Waals surface area contributed by atoms with Gasteiger partial charge in [-0.2, -0.15) is 0 Å². The van der Waals surface area contributed by atoms with Crippen LogP contribution in [0.4, 0.5) is 4.79 Å². The van der Waals surface area contributed by atoms with Crippen LogP contribution in [0, 0.1) is 0 Å². The molecule has 0 atom stereocenters. The molecule has 26 heavy (non-hydrogen) atoms. The zero-order valence-corrected chi connectivity index (χ0v) is 16.2. The monoisotopic (exact) mass is 364 g/mol. The quantitative estimate of drug-likeness (QED) is 0.771. The average molecular weight is 364 g/mol. The predicted octanol–water partition coefficient (Wildman–Crippen LogP) is 2.80. The Hall–Kier alpha value is -2.57. The third-order valence-electron chi connectivity index (χ3n) is 4.32. The smallest absolute Gasteiger partial charge is 0.409 e. The van der Waals surface area contributed by atoms with Crippen LogP contribution < -0.4 is 0 Å². The Morgan fingerprint density at radius 2 is 1.46 bits per heavy atom. The lowest BCUT2D eigenvalue weighted by atomic mass is 10.0. The SMILES string of the molecule is CC.COC(=O)c1ccc(C(=O)N(C)C2CCN(C(=O)OC)CC2)cc1. The van der Waals surface area contributed by atoms with E-state index < -0.39 is 5.97 Å². The van der Waals surface area contributed by atoms with Gasteiger partial charge in [-0.1, -0.05) is 13.8 Å². The molecule has 2 amide bonds. The third kappa shape index (κ3) is 5.21. The summed E-state index contributed by atoms with van der Waals surface area (Å²) in [4.78, 5) is 38.8. The second kappa shape index (κ2) is 10.4. The third-order valence-corrected chi connectivity index (χ3v) is 4.32. The zero-order valence-electron chi connectivity index (χ0n) is 16.2. The number of esters is 1. The van der Waals surface area contributed by atoms with Crippen LogP contribution in [0.15, 0.2) is 24.3 Å². The van der Waals surface area contributed by atoms with Crippen LogP contribution in [0.1, 0.15) is 47.4 Å². The number of methoxy groups -OCH3 is 2. The lowest BCUT2D eigenvalue weighted by Gasteiger charge is -2.36. The van der Waals surface area contributed by atoms with E-state index >= 15 is 0 Å². The van der Waals surface area contributed by atoms with Crippen LogP contribution in [0.2, 0.25) is 0 Å². The lowest BCUT2D eigenvalue weighted by molar-refractivity contribution is 0.0593.